The minimum absolute atomic E-state index is 0.00120. The number of oxime groups is 1. The molecule has 0 atom stereocenters. The summed E-state index contributed by atoms with van der Waals surface area (Å²) in [7, 11) is -9.08. The van der Waals surface area contributed by atoms with Gasteiger partial charge in [-0.1, -0.05) is 64.8 Å². The van der Waals surface area contributed by atoms with Gasteiger partial charge in [-0.15, -0.1) is 0 Å². The molecule has 0 aliphatic heterocycles. The highest BCUT2D eigenvalue weighted by atomic mass is 32.2. The van der Waals surface area contributed by atoms with Crippen LogP contribution in [0.1, 0.15) is 18.1 Å². The van der Waals surface area contributed by atoms with Crippen LogP contribution in [-0.4, -0.2) is 52.0 Å². The van der Waals surface area contributed by atoms with Crippen molar-refractivity contribution in [1.29, 1.82) is 0 Å². The van der Waals surface area contributed by atoms with E-state index in [1.165, 1.54) is 67.6 Å². The topological polar surface area (TPSA) is 120 Å². The lowest BCUT2D eigenvalue weighted by molar-refractivity contribution is -0.117. The minimum Gasteiger partial charge on any atom is -0.411 e. The molecule has 42 heavy (non-hydrogen) atoms. The Labute approximate surface area is 241 Å². The van der Waals surface area contributed by atoms with Crippen molar-refractivity contribution in [2.45, 2.75) is 36.7 Å². The number of fused-ring (bicyclic) bond motifs is 1. The molecule has 1 heterocycles. The van der Waals surface area contributed by atoms with Crippen LogP contribution in [0.5, 0.6) is 0 Å². The molecule has 0 fully saturated rings. The number of hydrogen-bond donors (Lipinski definition) is 1. The largest absolute Gasteiger partial charge is 0.411 e. The Bertz CT molecular complexity index is 1840. The smallest absolute Gasteiger partial charge is 0.407 e. The van der Waals surface area contributed by atoms with Gasteiger partial charge in [-0.25, -0.2) is 26.1 Å². The molecule has 0 aliphatic carbocycles. The van der Waals surface area contributed by atoms with Gasteiger partial charge in [-0.05, 0) is 45.0 Å². The maximum atomic E-state index is 13.8. The summed E-state index contributed by atoms with van der Waals surface area (Å²) in [5.41, 5.74) is 1.12. The van der Waals surface area contributed by atoms with E-state index >= 15 is 0 Å². The van der Waals surface area contributed by atoms with Crippen molar-refractivity contribution in [2.75, 3.05) is 21.7 Å². The molecular formula is C28H27F3N4O5S2. The predicted octanol–water partition coefficient (Wildman–Crippen LogP) is 5.65. The van der Waals surface area contributed by atoms with Crippen LogP contribution in [0.25, 0.3) is 10.8 Å². The van der Waals surface area contributed by atoms with Crippen LogP contribution in [0.15, 0.2) is 93.9 Å². The predicted molar refractivity (Wildman–Crippen MR) is 154 cm³/mol. The van der Waals surface area contributed by atoms with Crippen LogP contribution in [0.4, 0.5) is 24.7 Å². The normalized spacial score (nSPS) is 12.9. The second-order valence-corrected chi connectivity index (χ2v) is 13.3. The minimum atomic E-state index is -4.92. The summed E-state index contributed by atoms with van der Waals surface area (Å²) >= 11 is 0. The Hall–Kier alpha value is -4.17. The van der Waals surface area contributed by atoms with Gasteiger partial charge in [0.05, 0.1) is 33.9 Å². The first-order valence-corrected chi connectivity index (χ1v) is 15.3. The van der Waals surface area contributed by atoms with Crippen molar-refractivity contribution in [3.63, 3.8) is 0 Å². The molecule has 3 aromatic carbocycles. The number of hydrogen-bond acceptors (Lipinski definition) is 7. The first-order valence-electron chi connectivity index (χ1n) is 12.5. The third-order valence-electron chi connectivity index (χ3n) is 6.34. The van der Waals surface area contributed by atoms with Crippen LogP contribution in [0, 0.1) is 13.8 Å². The summed E-state index contributed by atoms with van der Waals surface area (Å²) in [5.74, 6) is -0.197. The Morgan fingerprint density at radius 1 is 0.810 bits per heavy atom. The lowest BCUT2D eigenvalue weighted by atomic mass is 10.1. The van der Waals surface area contributed by atoms with E-state index in [1.807, 2.05) is 0 Å². The molecule has 0 spiro atoms. The first kappa shape index (κ1) is 30.8. The molecule has 0 unspecified atom stereocenters. The second kappa shape index (κ2) is 11.6. The Morgan fingerprint density at radius 3 is 1.76 bits per heavy atom. The van der Waals surface area contributed by atoms with Gasteiger partial charge in [0.25, 0.3) is 20.0 Å². The number of sulfonamides is 2. The van der Waals surface area contributed by atoms with Gasteiger partial charge in [-0.3, -0.25) is 4.31 Å². The number of aryl methyl sites for hydroxylation is 2. The zero-order chi connectivity index (χ0) is 30.9. The average Bonchev–Trinajstić information content (AvgIpc) is 2.94. The summed E-state index contributed by atoms with van der Waals surface area (Å²) in [5, 5.41) is 12.5. The molecule has 222 valence electrons. The zero-order valence-electron chi connectivity index (χ0n) is 22.7. The number of alkyl halides is 3. The first-order chi connectivity index (χ1) is 19.6. The fraction of sp³-hybridized carbons (Fsp3) is 0.214. The lowest BCUT2D eigenvalue weighted by Gasteiger charge is -2.29. The fourth-order valence-electron chi connectivity index (χ4n) is 4.21. The quantitative estimate of drug-likeness (QED) is 0.147. The van der Waals surface area contributed by atoms with Crippen LogP contribution in [0.3, 0.4) is 0 Å². The van der Waals surface area contributed by atoms with Gasteiger partial charge in [0.2, 0.25) is 0 Å². The highest BCUT2D eigenvalue weighted by Gasteiger charge is 2.39. The fourth-order valence-corrected chi connectivity index (χ4v) is 7.13. The number of rotatable bonds is 9. The van der Waals surface area contributed by atoms with Gasteiger partial charge in [0, 0.05) is 10.8 Å². The molecule has 1 N–H and O–H groups in total. The van der Waals surface area contributed by atoms with E-state index in [9.17, 15) is 35.2 Å². The molecule has 0 bridgehead atoms. The molecule has 14 heteroatoms. The highest BCUT2D eigenvalue weighted by molar-refractivity contribution is 7.93. The van der Waals surface area contributed by atoms with E-state index in [0.29, 0.717) is 5.56 Å². The standard InChI is InChI=1S/C28H27F3N4O5S2/c1-19-8-12-22(13-9-19)41(37,38)34(17-21(3)33-36)27-25-7-5-4-6-24(25)26(16-32-27)35(18-28(29,30)31)42(39,40)23-14-10-20(2)11-15-23/h4-16,36H,17-18H2,1-3H3/b33-21+. The Morgan fingerprint density at radius 2 is 1.29 bits per heavy atom. The third kappa shape index (κ3) is 6.34. The van der Waals surface area contributed by atoms with Crippen molar-refractivity contribution >= 4 is 48.0 Å². The molecule has 4 rings (SSSR count). The van der Waals surface area contributed by atoms with Crippen LogP contribution in [-0.2, 0) is 20.0 Å². The molecule has 0 saturated carbocycles. The van der Waals surface area contributed by atoms with Crippen molar-refractivity contribution in [2.24, 2.45) is 5.16 Å². The molecule has 9 nitrogen and oxygen atoms in total. The van der Waals surface area contributed by atoms with E-state index < -0.39 is 45.0 Å². The molecule has 4 aromatic rings. The number of aromatic nitrogens is 1. The Kier molecular flexibility index (Phi) is 8.51. The van der Waals surface area contributed by atoms with Crippen molar-refractivity contribution in [1.82, 2.24) is 4.98 Å². The summed E-state index contributed by atoms with van der Waals surface area (Å²) in [6, 6.07) is 17.1. The van der Waals surface area contributed by atoms with Gasteiger partial charge in [0.1, 0.15) is 6.54 Å². The summed E-state index contributed by atoms with van der Waals surface area (Å²) < 4.78 is 97.3. The second-order valence-electron chi connectivity index (χ2n) is 9.61. The van der Waals surface area contributed by atoms with E-state index in [1.54, 1.807) is 26.0 Å². The maximum Gasteiger partial charge on any atom is 0.407 e. The maximum absolute atomic E-state index is 13.8. The van der Waals surface area contributed by atoms with Crippen LogP contribution in [0.2, 0.25) is 0 Å². The van der Waals surface area contributed by atoms with E-state index in [4.69, 9.17) is 0 Å². The number of pyridine rings is 1. The third-order valence-corrected chi connectivity index (χ3v) is 9.87. The van der Waals surface area contributed by atoms with Crippen LogP contribution < -0.4 is 8.61 Å². The Balaban J connectivity index is 1.97. The summed E-state index contributed by atoms with van der Waals surface area (Å²) in [6.45, 7) is 2.57. The van der Waals surface area contributed by atoms with E-state index in [2.05, 4.69) is 10.1 Å². The van der Waals surface area contributed by atoms with Gasteiger partial charge >= 0.3 is 6.18 Å². The molecular weight excluding hydrogens is 593 g/mol. The molecule has 0 saturated heterocycles. The molecule has 1 aromatic heterocycles. The summed E-state index contributed by atoms with van der Waals surface area (Å²) in [6.07, 6.45) is -4.02. The van der Waals surface area contributed by atoms with Crippen molar-refractivity contribution in [3.05, 3.63) is 90.1 Å². The molecule has 0 radical (unpaired) electrons. The van der Waals surface area contributed by atoms with E-state index in [0.717, 1.165) is 16.1 Å². The van der Waals surface area contributed by atoms with Crippen molar-refractivity contribution in [3.8, 4) is 0 Å². The number of anilines is 2. The SMILES string of the molecule is C/C(CN(c1ncc(N(CC(F)(F)F)S(=O)(=O)c2ccc(C)cc2)c2ccccc12)S(=O)(=O)c1ccc(C)cc1)=N\O. The molecule has 0 amide bonds. The van der Waals surface area contributed by atoms with Crippen molar-refractivity contribution < 1.29 is 35.2 Å². The number of halogens is 3. The average molecular weight is 621 g/mol. The lowest BCUT2D eigenvalue weighted by Crippen LogP contribution is -2.39. The number of nitrogens with zero attached hydrogens (tertiary/aromatic N) is 4. The van der Waals surface area contributed by atoms with E-state index in [-0.39, 0.29) is 36.4 Å². The van der Waals surface area contributed by atoms with Gasteiger partial charge in [0.15, 0.2) is 5.82 Å². The van der Waals surface area contributed by atoms with Gasteiger partial charge in [-0.2, -0.15) is 13.2 Å². The monoisotopic (exact) mass is 620 g/mol. The zero-order valence-corrected chi connectivity index (χ0v) is 24.4. The van der Waals surface area contributed by atoms with Crippen LogP contribution >= 0.6 is 0 Å². The summed E-state index contributed by atoms with van der Waals surface area (Å²) in [4.78, 5) is 3.75. The highest BCUT2D eigenvalue weighted by Crippen LogP contribution is 2.38. The number of benzene rings is 3. The molecule has 0 aliphatic rings. The van der Waals surface area contributed by atoms with Gasteiger partial charge < -0.3 is 5.21 Å².